The van der Waals surface area contributed by atoms with Crippen LogP contribution in [0.25, 0.3) is 0 Å². The van der Waals surface area contributed by atoms with Gasteiger partial charge >= 0.3 is 5.97 Å². The summed E-state index contributed by atoms with van der Waals surface area (Å²) in [6.07, 6.45) is 0.450. The highest BCUT2D eigenvalue weighted by Gasteiger charge is 2.20. The number of hydrogen-bond acceptors (Lipinski definition) is 4. The molecule has 1 aromatic rings. The van der Waals surface area contributed by atoms with E-state index >= 15 is 0 Å². The standard InChI is InChI=1S/C13H18N2O3/c1-15(9-12(16)18-2)13(17)11(14)8-10-6-4-3-5-7-10/h3-7,11H,8-9,14H2,1-2H3/t11-/m1/s1. The van der Waals surface area contributed by atoms with E-state index in [-0.39, 0.29) is 12.5 Å². The molecule has 1 rings (SSSR count). The second kappa shape index (κ2) is 6.76. The van der Waals surface area contributed by atoms with E-state index in [1.807, 2.05) is 30.3 Å². The van der Waals surface area contributed by atoms with E-state index in [0.717, 1.165) is 5.56 Å². The number of carbonyl (C=O) groups is 2. The Labute approximate surface area is 107 Å². The Balaban J connectivity index is 2.53. The zero-order chi connectivity index (χ0) is 13.5. The number of nitrogens with two attached hydrogens (primary N) is 1. The Hall–Kier alpha value is -1.88. The van der Waals surface area contributed by atoms with Crippen molar-refractivity contribution < 1.29 is 14.3 Å². The largest absolute Gasteiger partial charge is 0.468 e. The van der Waals surface area contributed by atoms with Gasteiger partial charge in [-0.15, -0.1) is 0 Å². The lowest BCUT2D eigenvalue weighted by Crippen LogP contribution is -2.45. The molecule has 0 aliphatic rings. The zero-order valence-corrected chi connectivity index (χ0v) is 10.6. The minimum Gasteiger partial charge on any atom is -0.468 e. The number of methoxy groups -OCH3 is 1. The molecule has 5 nitrogen and oxygen atoms in total. The molecule has 0 aromatic heterocycles. The number of ether oxygens (including phenoxy) is 1. The van der Waals surface area contributed by atoms with Crippen molar-refractivity contribution in [1.29, 1.82) is 0 Å². The maximum atomic E-state index is 11.9. The summed E-state index contributed by atoms with van der Waals surface area (Å²) < 4.78 is 4.50. The molecular weight excluding hydrogens is 232 g/mol. The third-order valence-corrected chi connectivity index (χ3v) is 2.59. The molecule has 0 aliphatic heterocycles. The Morgan fingerprint density at radius 2 is 1.94 bits per heavy atom. The van der Waals surface area contributed by atoms with E-state index in [2.05, 4.69) is 4.74 Å². The maximum absolute atomic E-state index is 11.9. The van der Waals surface area contributed by atoms with Crippen molar-refractivity contribution in [2.75, 3.05) is 20.7 Å². The van der Waals surface area contributed by atoms with Crippen LogP contribution in [0.15, 0.2) is 30.3 Å². The van der Waals surface area contributed by atoms with E-state index in [9.17, 15) is 9.59 Å². The minimum absolute atomic E-state index is 0.0855. The normalized spacial score (nSPS) is 11.7. The summed E-state index contributed by atoms with van der Waals surface area (Å²) in [5.74, 6) is -0.734. The van der Waals surface area contributed by atoms with Crippen LogP contribution in [0, 0.1) is 0 Å². The van der Waals surface area contributed by atoms with Crippen LogP contribution in [0.1, 0.15) is 5.56 Å². The minimum atomic E-state index is -0.651. The summed E-state index contributed by atoms with van der Waals surface area (Å²) in [6, 6.07) is 8.86. The predicted octanol–water partition coefficient (Wildman–Crippen LogP) is 0.188. The molecule has 18 heavy (non-hydrogen) atoms. The van der Waals surface area contributed by atoms with E-state index in [1.54, 1.807) is 0 Å². The lowest BCUT2D eigenvalue weighted by atomic mass is 10.1. The summed E-state index contributed by atoms with van der Waals surface area (Å²) in [7, 11) is 2.81. The van der Waals surface area contributed by atoms with Gasteiger partial charge in [0.1, 0.15) is 6.54 Å². The van der Waals surface area contributed by atoms with Crippen LogP contribution in [0.2, 0.25) is 0 Å². The first-order valence-corrected chi connectivity index (χ1v) is 5.66. The van der Waals surface area contributed by atoms with Crippen LogP contribution in [-0.4, -0.2) is 43.5 Å². The molecule has 0 aliphatic carbocycles. The molecule has 5 heteroatoms. The van der Waals surface area contributed by atoms with E-state index in [4.69, 9.17) is 5.73 Å². The first kappa shape index (κ1) is 14.2. The summed E-state index contributed by atoms with van der Waals surface area (Å²) in [4.78, 5) is 24.2. The van der Waals surface area contributed by atoms with Crippen molar-refractivity contribution in [3.8, 4) is 0 Å². The van der Waals surface area contributed by atoms with Crippen LogP contribution in [0.3, 0.4) is 0 Å². The zero-order valence-electron chi connectivity index (χ0n) is 10.6. The first-order valence-electron chi connectivity index (χ1n) is 5.66. The van der Waals surface area contributed by atoms with Crippen molar-refractivity contribution in [3.63, 3.8) is 0 Å². The Morgan fingerprint density at radius 3 is 2.50 bits per heavy atom. The van der Waals surface area contributed by atoms with E-state index in [0.29, 0.717) is 6.42 Å². The third-order valence-electron chi connectivity index (χ3n) is 2.59. The van der Waals surface area contributed by atoms with Gasteiger partial charge in [0.25, 0.3) is 0 Å². The van der Waals surface area contributed by atoms with Crippen LogP contribution >= 0.6 is 0 Å². The first-order chi connectivity index (χ1) is 8.54. The van der Waals surface area contributed by atoms with Crippen LogP contribution in [-0.2, 0) is 20.7 Å². The number of hydrogen-bond donors (Lipinski definition) is 1. The highest BCUT2D eigenvalue weighted by Crippen LogP contribution is 2.03. The smallest absolute Gasteiger partial charge is 0.325 e. The Morgan fingerprint density at radius 1 is 1.33 bits per heavy atom. The monoisotopic (exact) mass is 250 g/mol. The molecular formula is C13H18N2O3. The highest BCUT2D eigenvalue weighted by atomic mass is 16.5. The molecule has 2 N–H and O–H groups in total. The fourth-order valence-corrected chi connectivity index (χ4v) is 1.57. The summed E-state index contributed by atoms with van der Waals surface area (Å²) in [5, 5.41) is 0. The van der Waals surface area contributed by atoms with Gasteiger partial charge in [0.15, 0.2) is 0 Å². The molecule has 0 bridgehead atoms. The second-order valence-corrected chi connectivity index (χ2v) is 4.07. The van der Waals surface area contributed by atoms with Crippen molar-refractivity contribution in [1.82, 2.24) is 4.90 Å². The second-order valence-electron chi connectivity index (χ2n) is 4.07. The fraction of sp³-hybridized carbons (Fsp3) is 0.385. The number of likely N-dealkylation sites (N-methyl/N-ethyl adjacent to an activating group) is 1. The van der Waals surface area contributed by atoms with Gasteiger partial charge in [-0.3, -0.25) is 9.59 Å². The topological polar surface area (TPSA) is 72.6 Å². The lowest BCUT2D eigenvalue weighted by molar-refractivity contribution is -0.146. The molecule has 0 spiro atoms. The maximum Gasteiger partial charge on any atom is 0.325 e. The van der Waals surface area contributed by atoms with Crippen LogP contribution in [0.4, 0.5) is 0 Å². The molecule has 0 fully saturated rings. The van der Waals surface area contributed by atoms with Crippen molar-refractivity contribution >= 4 is 11.9 Å². The molecule has 0 radical (unpaired) electrons. The van der Waals surface area contributed by atoms with Gasteiger partial charge in [-0.05, 0) is 12.0 Å². The van der Waals surface area contributed by atoms with Crippen molar-refractivity contribution in [2.45, 2.75) is 12.5 Å². The summed E-state index contributed by atoms with van der Waals surface area (Å²) >= 11 is 0. The molecule has 98 valence electrons. The summed E-state index contributed by atoms with van der Waals surface area (Å²) in [6.45, 7) is -0.0855. The summed E-state index contributed by atoms with van der Waals surface area (Å²) in [5.41, 5.74) is 6.81. The molecule has 0 heterocycles. The number of esters is 1. The fourth-order valence-electron chi connectivity index (χ4n) is 1.57. The third kappa shape index (κ3) is 4.18. The quantitative estimate of drug-likeness (QED) is 0.757. The Kier molecular flexibility index (Phi) is 5.32. The van der Waals surface area contributed by atoms with Gasteiger partial charge < -0.3 is 15.4 Å². The molecule has 1 aromatic carbocycles. The predicted molar refractivity (Wildman–Crippen MR) is 67.8 cm³/mol. The lowest BCUT2D eigenvalue weighted by Gasteiger charge is -2.20. The van der Waals surface area contributed by atoms with Gasteiger partial charge in [-0.2, -0.15) is 0 Å². The van der Waals surface area contributed by atoms with Crippen molar-refractivity contribution in [3.05, 3.63) is 35.9 Å². The molecule has 0 saturated carbocycles. The molecule has 0 unspecified atom stereocenters. The van der Waals surface area contributed by atoms with Gasteiger partial charge in [0.2, 0.25) is 5.91 Å². The van der Waals surface area contributed by atoms with Gasteiger partial charge in [-0.25, -0.2) is 0 Å². The van der Waals surface area contributed by atoms with Gasteiger partial charge in [0.05, 0.1) is 13.2 Å². The van der Waals surface area contributed by atoms with E-state index < -0.39 is 12.0 Å². The average molecular weight is 250 g/mol. The number of nitrogens with zero attached hydrogens (tertiary/aromatic N) is 1. The van der Waals surface area contributed by atoms with Gasteiger partial charge in [0, 0.05) is 7.05 Å². The van der Waals surface area contributed by atoms with Crippen LogP contribution in [0.5, 0.6) is 0 Å². The van der Waals surface area contributed by atoms with Gasteiger partial charge in [-0.1, -0.05) is 30.3 Å². The van der Waals surface area contributed by atoms with E-state index in [1.165, 1.54) is 19.1 Å². The van der Waals surface area contributed by atoms with Crippen molar-refractivity contribution in [2.24, 2.45) is 5.73 Å². The van der Waals surface area contributed by atoms with Crippen LogP contribution < -0.4 is 5.73 Å². The molecule has 0 saturated heterocycles. The molecule has 1 amide bonds. The SMILES string of the molecule is COC(=O)CN(C)C(=O)[C@H](N)Cc1ccccc1. The number of rotatable bonds is 5. The number of carbonyl (C=O) groups excluding carboxylic acids is 2. The number of amides is 1. The number of benzene rings is 1. The average Bonchev–Trinajstić information content (AvgIpc) is 2.38. The molecule has 1 atom stereocenters. The Bertz CT molecular complexity index is 406. The highest BCUT2D eigenvalue weighted by molar-refractivity contribution is 5.85.